The van der Waals surface area contributed by atoms with Crippen molar-refractivity contribution in [2.24, 2.45) is 5.92 Å². The lowest BCUT2D eigenvalue weighted by molar-refractivity contribution is -0.122. The Hall–Kier alpha value is -4.78. The van der Waals surface area contributed by atoms with Crippen LogP contribution < -0.4 is 5.32 Å². The van der Waals surface area contributed by atoms with Gasteiger partial charge in [-0.15, -0.1) is 0 Å². The molecule has 2 amide bonds. The molecule has 1 heterocycles. The summed E-state index contributed by atoms with van der Waals surface area (Å²) in [5, 5.41) is 12.6. The zero-order valence-electron chi connectivity index (χ0n) is 22.3. The van der Waals surface area contributed by atoms with Crippen LogP contribution in [0.25, 0.3) is 11.1 Å². The van der Waals surface area contributed by atoms with Gasteiger partial charge in [-0.05, 0) is 82.5 Å². The number of amides is 2. The Balaban J connectivity index is 1.28. The molecule has 2 atom stereocenters. The largest absolute Gasteiger partial charge is 0.478 e. The highest BCUT2D eigenvalue weighted by atomic mass is 19.1. The third-order valence-corrected chi connectivity index (χ3v) is 8.10. The molecule has 6 nitrogen and oxygen atoms in total. The first-order chi connectivity index (χ1) is 19.9. The van der Waals surface area contributed by atoms with Gasteiger partial charge in [0, 0.05) is 31.1 Å². The quantitative estimate of drug-likeness (QED) is 0.305. The molecule has 2 aliphatic rings. The molecule has 0 aromatic heterocycles. The maximum atomic E-state index is 13.9. The van der Waals surface area contributed by atoms with Gasteiger partial charge in [-0.1, -0.05) is 60.7 Å². The van der Waals surface area contributed by atoms with E-state index in [9.17, 15) is 23.9 Å². The number of carbonyl (C=O) groups excluding carboxylic acids is 2. The number of hydrogen-bond acceptors (Lipinski definition) is 3. The summed E-state index contributed by atoms with van der Waals surface area (Å²) in [5.74, 6) is -1.54. The van der Waals surface area contributed by atoms with Gasteiger partial charge in [0.05, 0.1) is 5.56 Å². The number of nitrogens with zero attached hydrogens (tertiary/aromatic N) is 1. The second-order valence-electron chi connectivity index (χ2n) is 10.7. The maximum absolute atomic E-state index is 13.9. The van der Waals surface area contributed by atoms with Crippen LogP contribution in [-0.4, -0.2) is 34.3 Å². The number of fused-ring (bicyclic) bond motifs is 1. The van der Waals surface area contributed by atoms with Gasteiger partial charge in [-0.3, -0.25) is 9.59 Å². The van der Waals surface area contributed by atoms with Crippen molar-refractivity contribution < 1.29 is 23.9 Å². The van der Waals surface area contributed by atoms with Crippen LogP contribution in [0.15, 0.2) is 91.0 Å². The van der Waals surface area contributed by atoms with Gasteiger partial charge in [-0.2, -0.15) is 0 Å². The van der Waals surface area contributed by atoms with E-state index in [0.29, 0.717) is 26.1 Å². The fraction of sp³-hybridized carbons (Fsp3) is 0.206. The summed E-state index contributed by atoms with van der Waals surface area (Å²) in [7, 11) is 0. The van der Waals surface area contributed by atoms with Crippen molar-refractivity contribution in [2.45, 2.75) is 31.8 Å². The van der Waals surface area contributed by atoms with Crippen molar-refractivity contribution in [1.29, 1.82) is 0 Å². The van der Waals surface area contributed by atoms with Crippen LogP contribution >= 0.6 is 0 Å². The minimum atomic E-state index is -0.999. The Morgan fingerprint density at radius 2 is 1.66 bits per heavy atom. The lowest BCUT2D eigenvalue weighted by Gasteiger charge is -2.32. The zero-order valence-corrected chi connectivity index (χ0v) is 22.3. The van der Waals surface area contributed by atoms with Crippen LogP contribution in [0, 0.1) is 11.7 Å². The summed E-state index contributed by atoms with van der Waals surface area (Å²) in [6.07, 6.45) is 1.37. The zero-order chi connectivity index (χ0) is 28.5. The predicted octanol–water partition coefficient (Wildman–Crippen LogP) is 5.81. The fourth-order valence-electron chi connectivity index (χ4n) is 5.84. The Morgan fingerprint density at radius 1 is 0.878 bits per heavy atom. The van der Waals surface area contributed by atoms with Crippen LogP contribution in [0.3, 0.4) is 0 Å². The molecule has 4 aromatic rings. The van der Waals surface area contributed by atoms with E-state index in [0.717, 1.165) is 34.2 Å². The van der Waals surface area contributed by atoms with Gasteiger partial charge in [0.15, 0.2) is 0 Å². The molecule has 0 bridgehead atoms. The summed E-state index contributed by atoms with van der Waals surface area (Å²) in [5.41, 5.74) is 6.20. The molecule has 4 aromatic carbocycles. The number of carboxylic acid groups (broad SMARTS) is 1. The Morgan fingerprint density at radius 3 is 2.44 bits per heavy atom. The Bertz CT molecular complexity index is 1650. The summed E-state index contributed by atoms with van der Waals surface area (Å²) in [6.45, 7) is 1.06. The van der Waals surface area contributed by atoms with E-state index < -0.39 is 11.8 Å². The molecule has 206 valence electrons. The summed E-state index contributed by atoms with van der Waals surface area (Å²) in [6, 6.07) is 26.4. The molecule has 41 heavy (non-hydrogen) atoms. The third-order valence-electron chi connectivity index (χ3n) is 8.10. The van der Waals surface area contributed by atoms with Crippen molar-refractivity contribution in [3.63, 3.8) is 0 Å². The average Bonchev–Trinajstić information content (AvgIpc) is 3.81. The van der Waals surface area contributed by atoms with E-state index in [2.05, 4.69) is 17.4 Å². The molecule has 1 saturated carbocycles. The van der Waals surface area contributed by atoms with E-state index in [1.165, 1.54) is 23.8 Å². The summed E-state index contributed by atoms with van der Waals surface area (Å²) < 4.78 is 13.9. The van der Waals surface area contributed by atoms with Crippen LogP contribution in [0.1, 0.15) is 55.3 Å². The molecule has 1 fully saturated rings. The number of carbonyl (C=O) groups is 3. The fourth-order valence-corrected chi connectivity index (χ4v) is 5.84. The van der Waals surface area contributed by atoms with Gasteiger partial charge >= 0.3 is 5.97 Å². The third kappa shape index (κ3) is 5.48. The van der Waals surface area contributed by atoms with Crippen molar-refractivity contribution in [3.05, 3.63) is 130 Å². The van der Waals surface area contributed by atoms with Crippen LogP contribution in [0.5, 0.6) is 0 Å². The van der Waals surface area contributed by atoms with Gasteiger partial charge in [0.2, 0.25) is 5.91 Å². The molecule has 0 radical (unpaired) electrons. The van der Waals surface area contributed by atoms with Gasteiger partial charge in [0.25, 0.3) is 5.91 Å². The predicted molar refractivity (Wildman–Crippen MR) is 153 cm³/mol. The topological polar surface area (TPSA) is 86.7 Å². The number of rotatable bonds is 7. The van der Waals surface area contributed by atoms with Crippen LogP contribution in [0.2, 0.25) is 0 Å². The number of carboxylic acids is 1. The van der Waals surface area contributed by atoms with E-state index in [4.69, 9.17) is 0 Å². The minimum absolute atomic E-state index is 0.00865. The van der Waals surface area contributed by atoms with E-state index in [1.807, 2.05) is 36.4 Å². The smallest absolute Gasteiger partial charge is 0.335 e. The first kappa shape index (κ1) is 26.4. The highest BCUT2D eigenvalue weighted by Gasteiger charge is 2.43. The Labute approximate surface area is 237 Å². The molecule has 0 unspecified atom stereocenters. The van der Waals surface area contributed by atoms with Crippen molar-refractivity contribution in [1.82, 2.24) is 10.2 Å². The molecular formula is C34H29FN2O4. The summed E-state index contributed by atoms with van der Waals surface area (Å²) in [4.78, 5) is 39.7. The van der Waals surface area contributed by atoms with E-state index >= 15 is 0 Å². The van der Waals surface area contributed by atoms with Crippen molar-refractivity contribution in [3.8, 4) is 11.1 Å². The maximum Gasteiger partial charge on any atom is 0.335 e. The first-order valence-electron chi connectivity index (χ1n) is 13.7. The highest BCUT2D eigenvalue weighted by Crippen LogP contribution is 2.47. The second kappa shape index (κ2) is 11.0. The number of hydrogen-bond donors (Lipinski definition) is 2. The highest BCUT2D eigenvalue weighted by molar-refractivity contribution is 5.94. The second-order valence-corrected chi connectivity index (χ2v) is 10.7. The van der Waals surface area contributed by atoms with Gasteiger partial charge < -0.3 is 15.3 Å². The number of aromatic carboxylic acids is 1. The van der Waals surface area contributed by atoms with E-state index in [-0.39, 0.29) is 34.8 Å². The molecule has 2 N–H and O–H groups in total. The van der Waals surface area contributed by atoms with Crippen molar-refractivity contribution >= 4 is 17.8 Å². The molecule has 7 heteroatoms. The normalized spacial score (nSPS) is 17.4. The monoisotopic (exact) mass is 548 g/mol. The van der Waals surface area contributed by atoms with Gasteiger partial charge in [-0.25, -0.2) is 9.18 Å². The first-order valence-corrected chi connectivity index (χ1v) is 13.7. The van der Waals surface area contributed by atoms with Crippen molar-refractivity contribution in [2.75, 3.05) is 6.54 Å². The average molecular weight is 549 g/mol. The number of benzene rings is 4. The Kier molecular flexibility index (Phi) is 7.10. The van der Waals surface area contributed by atoms with Crippen LogP contribution in [0.4, 0.5) is 4.39 Å². The molecule has 0 spiro atoms. The SMILES string of the molecule is O=C(O)c1cccc(-c2ccc(CNC(=O)[C@@H]3C[C@H]3c3ccccc3)c3c2CCN(C(=O)c2cccc(F)c2)C3)c1. The lowest BCUT2D eigenvalue weighted by atomic mass is 9.87. The number of nitrogens with one attached hydrogen (secondary N) is 1. The standard InChI is InChI=1S/C34H29FN2O4/c35-26-11-5-9-23(17-26)33(39)37-15-14-28-27(22-8-4-10-24(16-22)34(40)41)13-12-25(31(28)20-37)19-36-32(38)30-18-29(30)21-6-2-1-3-7-21/h1-13,16-17,29-30H,14-15,18-20H2,(H,36,38)(H,40,41)/t29-,30+/m0/s1. The lowest BCUT2D eigenvalue weighted by Crippen LogP contribution is -2.37. The van der Waals surface area contributed by atoms with Gasteiger partial charge in [0.1, 0.15) is 5.82 Å². The molecule has 0 saturated heterocycles. The molecular weight excluding hydrogens is 519 g/mol. The summed E-state index contributed by atoms with van der Waals surface area (Å²) >= 11 is 0. The van der Waals surface area contributed by atoms with E-state index in [1.54, 1.807) is 29.2 Å². The molecule has 1 aliphatic carbocycles. The molecule has 1 aliphatic heterocycles. The van der Waals surface area contributed by atoms with Crippen LogP contribution in [-0.2, 0) is 24.3 Å². The number of halogens is 1. The molecule has 6 rings (SSSR count). The minimum Gasteiger partial charge on any atom is -0.478 e.